The first kappa shape index (κ1) is 44.7. The molecular weight excluding hydrogens is 719 g/mol. The van der Waals surface area contributed by atoms with Crippen LogP contribution in [-0.4, -0.2) is 119 Å². The SMILES string of the molecule is CC[C@H](C)[C@@H]([C@@H](CC(=O)N1CCC[C@H]1[C@H](OC)[C@@H](C)C(=O)C[C@@H](Cc1ccccc1)c1ncc(C)[nH]1)OC)N(C)C(=O)[C@@H](CC(=O)[C@@H]1[C@H]2CC[C@H](C2)N1C)C(C)C. The van der Waals surface area contributed by atoms with Crippen LogP contribution in [0.25, 0.3) is 0 Å². The maximum absolute atomic E-state index is 14.4. The number of ether oxygens (including phenoxy) is 2. The molecule has 11 nitrogen and oxygen atoms in total. The predicted molar refractivity (Wildman–Crippen MR) is 223 cm³/mol. The Labute approximate surface area is 342 Å². The van der Waals surface area contributed by atoms with Gasteiger partial charge in [-0.3, -0.25) is 24.1 Å². The number of imidazole rings is 1. The van der Waals surface area contributed by atoms with E-state index in [-0.39, 0.29) is 72.1 Å². The highest BCUT2D eigenvalue weighted by Gasteiger charge is 2.48. The normalized spacial score (nSPS) is 24.6. The van der Waals surface area contributed by atoms with Gasteiger partial charge in [-0.05, 0) is 75.8 Å². The summed E-state index contributed by atoms with van der Waals surface area (Å²) in [6, 6.07) is 9.90. The van der Waals surface area contributed by atoms with E-state index in [1.54, 1.807) is 25.3 Å². The number of nitrogens with zero attached hydrogens (tertiary/aromatic N) is 4. The van der Waals surface area contributed by atoms with Crippen LogP contribution in [0.3, 0.4) is 0 Å². The van der Waals surface area contributed by atoms with Gasteiger partial charge in [0.1, 0.15) is 11.6 Å². The molecule has 2 aliphatic heterocycles. The molecule has 1 aromatic heterocycles. The van der Waals surface area contributed by atoms with E-state index in [2.05, 4.69) is 47.9 Å². The van der Waals surface area contributed by atoms with Crippen LogP contribution in [0.15, 0.2) is 36.5 Å². The van der Waals surface area contributed by atoms with Crippen LogP contribution in [0, 0.1) is 36.5 Å². The topological polar surface area (TPSA) is 125 Å². The summed E-state index contributed by atoms with van der Waals surface area (Å²) in [6.07, 6.45) is 7.71. The van der Waals surface area contributed by atoms with Gasteiger partial charge in [-0.25, -0.2) is 4.98 Å². The molecule has 1 aliphatic carbocycles. The lowest BCUT2D eigenvalue weighted by Crippen LogP contribution is -2.54. The van der Waals surface area contributed by atoms with Gasteiger partial charge in [-0.15, -0.1) is 0 Å². The van der Waals surface area contributed by atoms with Gasteiger partial charge >= 0.3 is 0 Å². The highest BCUT2D eigenvalue weighted by molar-refractivity contribution is 5.90. The molecule has 11 heteroatoms. The zero-order chi connectivity index (χ0) is 41.6. The van der Waals surface area contributed by atoms with Crippen molar-refractivity contribution < 1.29 is 28.7 Å². The van der Waals surface area contributed by atoms with Crippen LogP contribution >= 0.6 is 0 Å². The number of benzene rings is 1. The fourth-order valence-electron chi connectivity index (χ4n) is 10.5. The molecule has 3 aliphatic rings. The van der Waals surface area contributed by atoms with E-state index < -0.39 is 24.0 Å². The summed E-state index contributed by atoms with van der Waals surface area (Å²) >= 11 is 0. The van der Waals surface area contributed by atoms with Gasteiger partial charge in [0.15, 0.2) is 5.78 Å². The molecule has 5 rings (SSSR count). The zero-order valence-electron chi connectivity index (χ0n) is 36.4. The quantitative estimate of drug-likeness (QED) is 0.149. The number of Topliss-reactive ketones (excluding diaryl/α,β-unsaturated/α-hetero) is 2. The Morgan fingerprint density at radius 2 is 1.70 bits per heavy atom. The summed E-state index contributed by atoms with van der Waals surface area (Å²) in [5.74, 6) is 0.295. The van der Waals surface area contributed by atoms with Gasteiger partial charge in [0.25, 0.3) is 0 Å². The van der Waals surface area contributed by atoms with Crippen LogP contribution in [0.2, 0.25) is 0 Å². The number of carbonyl (C=O) groups is 4. The molecule has 2 bridgehead atoms. The van der Waals surface area contributed by atoms with Crippen LogP contribution in [0.1, 0.15) is 115 Å². The smallest absolute Gasteiger partial charge is 0.226 e. The average Bonchev–Trinajstić information content (AvgIpc) is 4.02. The van der Waals surface area contributed by atoms with Crippen molar-refractivity contribution in [3.8, 4) is 0 Å². The number of methoxy groups -OCH3 is 2. The minimum Gasteiger partial charge on any atom is -0.379 e. The number of aromatic nitrogens is 2. The van der Waals surface area contributed by atoms with E-state index in [9.17, 15) is 19.2 Å². The van der Waals surface area contributed by atoms with Crippen molar-refractivity contribution in [3.63, 3.8) is 0 Å². The average molecular weight is 790 g/mol. The molecule has 3 fully saturated rings. The lowest BCUT2D eigenvalue weighted by atomic mass is 9.83. The lowest BCUT2D eigenvalue weighted by molar-refractivity contribution is -0.149. The number of hydrogen-bond acceptors (Lipinski definition) is 8. The van der Waals surface area contributed by atoms with E-state index in [1.165, 1.54) is 0 Å². The maximum Gasteiger partial charge on any atom is 0.226 e. The molecule has 2 amide bonds. The summed E-state index contributed by atoms with van der Waals surface area (Å²) in [5.41, 5.74) is 2.09. The second-order valence-corrected chi connectivity index (χ2v) is 18.0. The Balaban J connectivity index is 1.27. The Hall–Kier alpha value is -3.41. The van der Waals surface area contributed by atoms with Gasteiger partial charge in [0.05, 0.1) is 36.8 Å². The minimum absolute atomic E-state index is 0.0224. The number of ketones is 2. The van der Waals surface area contributed by atoms with Crippen LogP contribution in [-0.2, 0) is 35.1 Å². The van der Waals surface area contributed by atoms with E-state index in [0.717, 1.165) is 55.6 Å². The molecule has 0 unspecified atom stereocenters. The third-order valence-corrected chi connectivity index (χ3v) is 14.0. The Morgan fingerprint density at radius 1 is 0.982 bits per heavy atom. The third kappa shape index (κ3) is 10.3. The van der Waals surface area contributed by atoms with Crippen LogP contribution < -0.4 is 0 Å². The molecule has 316 valence electrons. The number of rotatable bonds is 21. The molecule has 1 aromatic carbocycles. The fourth-order valence-corrected chi connectivity index (χ4v) is 10.5. The highest BCUT2D eigenvalue weighted by atomic mass is 16.5. The van der Waals surface area contributed by atoms with Gasteiger partial charge in [-0.1, -0.05) is 71.4 Å². The Bertz CT molecular complexity index is 1640. The van der Waals surface area contributed by atoms with Crippen molar-refractivity contribution in [1.29, 1.82) is 0 Å². The number of amides is 2. The minimum atomic E-state index is -0.557. The summed E-state index contributed by atoms with van der Waals surface area (Å²) in [7, 11) is 7.14. The van der Waals surface area contributed by atoms with Gasteiger partial charge in [0.2, 0.25) is 11.8 Å². The molecule has 1 N–H and O–H groups in total. The predicted octanol–water partition coefficient (Wildman–Crippen LogP) is 6.64. The van der Waals surface area contributed by atoms with Crippen LogP contribution in [0.5, 0.6) is 0 Å². The van der Waals surface area contributed by atoms with E-state index in [4.69, 9.17) is 9.47 Å². The highest BCUT2D eigenvalue weighted by Crippen LogP contribution is 2.43. The number of aromatic amines is 1. The molecule has 0 spiro atoms. The molecule has 2 aromatic rings. The molecule has 3 heterocycles. The van der Waals surface area contributed by atoms with E-state index in [0.29, 0.717) is 31.3 Å². The van der Waals surface area contributed by atoms with Gasteiger partial charge < -0.3 is 24.3 Å². The molecule has 11 atom stereocenters. The number of H-pyrrole nitrogens is 1. The second-order valence-electron chi connectivity index (χ2n) is 18.0. The summed E-state index contributed by atoms with van der Waals surface area (Å²) in [4.78, 5) is 70.6. The monoisotopic (exact) mass is 790 g/mol. The fraction of sp³-hybridized carbons (Fsp3) is 0.717. The molecular formula is C46H71N5O6. The zero-order valence-corrected chi connectivity index (χ0v) is 36.4. The number of likely N-dealkylation sites (tertiary alicyclic amines) is 2. The first-order chi connectivity index (χ1) is 27.2. The summed E-state index contributed by atoms with van der Waals surface area (Å²) in [5, 5.41) is 0. The van der Waals surface area contributed by atoms with Crippen LogP contribution in [0.4, 0.5) is 0 Å². The molecule has 1 saturated carbocycles. The van der Waals surface area contributed by atoms with Gasteiger partial charge in [-0.2, -0.15) is 0 Å². The number of carbonyl (C=O) groups excluding carboxylic acids is 4. The lowest BCUT2D eigenvalue weighted by Gasteiger charge is -2.41. The van der Waals surface area contributed by atoms with Gasteiger partial charge in [0, 0.05) is 76.3 Å². The Morgan fingerprint density at radius 3 is 2.28 bits per heavy atom. The van der Waals surface area contributed by atoms with E-state index >= 15 is 0 Å². The standard InChI is InChI=1S/C46H71N5O6/c1-11-29(4)42(50(8)46(55)36(28(2)3)25-39(53)43-33-19-20-35(23-33)49(43)7)40(56-9)26-41(54)51-21-15-18-37(51)44(57-10)31(6)38(52)24-34(45-47-27-30(5)48-45)22-32-16-13-12-14-17-32/h12-14,16-17,27-29,31,33-37,40,42-44H,11,15,18-26H2,1-10H3,(H,47,48)/t29-,31-,33-,34+,35+,36-,37-,40+,42-,43-,44+/m0/s1. The molecule has 2 saturated heterocycles. The first-order valence-corrected chi connectivity index (χ1v) is 21.6. The molecule has 0 radical (unpaired) electrons. The maximum atomic E-state index is 14.4. The Kier molecular flexibility index (Phi) is 15.7. The number of likely N-dealkylation sites (N-methyl/N-ethyl adjacent to an activating group) is 2. The number of nitrogens with one attached hydrogen (secondary N) is 1. The van der Waals surface area contributed by atoms with Crippen molar-refractivity contribution in [1.82, 2.24) is 24.7 Å². The van der Waals surface area contributed by atoms with E-state index in [1.807, 2.05) is 57.8 Å². The second kappa shape index (κ2) is 20.0. The van der Waals surface area contributed by atoms with Crippen molar-refractivity contribution in [3.05, 3.63) is 53.6 Å². The van der Waals surface area contributed by atoms with Crippen molar-refractivity contribution in [2.75, 3.05) is 34.9 Å². The third-order valence-electron chi connectivity index (χ3n) is 14.0. The largest absolute Gasteiger partial charge is 0.379 e. The number of piperidine rings is 1. The van der Waals surface area contributed by atoms with Crippen molar-refractivity contribution in [2.45, 2.75) is 148 Å². The number of fused-ring (bicyclic) bond motifs is 2. The van der Waals surface area contributed by atoms with Crippen molar-refractivity contribution in [2.24, 2.45) is 29.6 Å². The summed E-state index contributed by atoms with van der Waals surface area (Å²) in [6.45, 7) is 12.7. The first-order valence-electron chi connectivity index (χ1n) is 21.6. The molecule has 57 heavy (non-hydrogen) atoms. The van der Waals surface area contributed by atoms with Crippen molar-refractivity contribution >= 4 is 23.4 Å². The number of hydrogen-bond donors (Lipinski definition) is 1. The summed E-state index contributed by atoms with van der Waals surface area (Å²) < 4.78 is 12.2. The number of aryl methyl sites for hydroxylation is 1.